The summed E-state index contributed by atoms with van der Waals surface area (Å²) in [5.41, 5.74) is 0.700. The lowest BCUT2D eigenvalue weighted by Gasteiger charge is -2.29. The maximum Gasteiger partial charge on any atom is 0.262 e. The van der Waals surface area contributed by atoms with E-state index in [4.69, 9.17) is 4.74 Å². The van der Waals surface area contributed by atoms with Gasteiger partial charge in [0.1, 0.15) is 11.8 Å². The number of rotatable bonds is 10. The monoisotopic (exact) mass is 471 g/mol. The number of nitrogens with zero attached hydrogens (tertiary/aromatic N) is 1. The lowest BCUT2D eigenvalue weighted by molar-refractivity contribution is -0.136. The number of amides is 4. The van der Waals surface area contributed by atoms with E-state index in [0.717, 1.165) is 4.90 Å². The molecule has 1 fully saturated rings. The second-order valence-electron chi connectivity index (χ2n) is 10.8. The Hall–Kier alpha value is -3.07. The van der Waals surface area contributed by atoms with Crippen LogP contribution in [-0.4, -0.2) is 60.1 Å². The van der Waals surface area contributed by atoms with Crippen molar-refractivity contribution in [2.75, 3.05) is 25.1 Å². The third kappa shape index (κ3) is 5.88. The first-order chi connectivity index (χ1) is 15.8. The average Bonchev–Trinajstić information content (AvgIpc) is 2.95. The van der Waals surface area contributed by atoms with Crippen LogP contribution in [-0.2, 0) is 19.1 Å². The van der Waals surface area contributed by atoms with Gasteiger partial charge in [-0.15, -0.1) is 0 Å². The van der Waals surface area contributed by atoms with E-state index in [9.17, 15) is 24.0 Å². The smallest absolute Gasteiger partial charge is 0.262 e. The van der Waals surface area contributed by atoms with Gasteiger partial charge in [-0.1, -0.05) is 27.7 Å². The van der Waals surface area contributed by atoms with Crippen LogP contribution in [0.4, 0.5) is 5.69 Å². The third-order valence-corrected chi connectivity index (χ3v) is 5.92. The molecule has 0 aromatic heterocycles. The molecule has 2 aliphatic heterocycles. The molecular formula is C25H33N3O6. The summed E-state index contributed by atoms with van der Waals surface area (Å²) < 4.78 is 5.90. The van der Waals surface area contributed by atoms with Crippen molar-refractivity contribution in [1.82, 2.24) is 10.2 Å². The van der Waals surface area contributed by atoms with Gasteiger partial charge < -0.3 is 14.8 Å². The predicted molar refractivity (Wildman–Crippen MR) is 125 cm³/mol. The van der Waals surface area contributed by atoms with Crippen LogP contribution < -0.4 is 10.6 Å². The van der Waals surface area contributed by atoms with E-state index >= 15 is 0 Å². The van der Waals surface area contributed by atoms with Crippen molar-refractivity contribution in [3.05, 3.63) is 29.3 Å². The molecule has 1 aromatic rings. The van der Waals surface area contributed by atoms with E-state index in [2.05, 4.69) is 10.6 Å². The SMILES string of the molecule is CC(=O)CC(C)(C)COCC(C)(C)CNc1ccc2c(c1)C(=O)N(C1CCC(=O)NC1=O)C2=O. The molecule has 2 N–H and O–H groups in total. The molecule has 0 radical (unpaired) electrons. The van der Waals surface area contributed by atoms with E-state index in [1.54, 1.807) is 25.1 Å². The highest BCUT2D eigenvalue weighted by Crippen LogP contribution is 2.30. The van der Waals surface area contributed by atoms with Crippen molar-refractivity contribution in [1.29, 1.82) is 0 Å². The summed E-state index contributed by atoms with van der Waals surface area (Å²) in [5, 5.41) is 5.49. The maximum absolute atomic E-state index is 13.0. The summed E-state index contributed by atoms with van der Waals surface area (Å²) in [6.07, 6.45) is 0.668. The highest BCUT2D eigenvalue weighted by molar-refractivity contribution is 6.23. The van der Waals surface area contributed by atoms with Crippen LogP contribution in [0.3, 0.4) is 0 Å². The normalized spacial score (nSPS) is 18.7. The van der Waals surface area contributed by atoms with Crippen molar-refractivity contribution in [2.45, 2.75) is 59.9 Å². The van der Waals surface area contributed by atoms with E-state index in [0.29, 0.717) is 31.9 Å². The number of piperidine rings is 1. The zero-order valence-corrected chi connectivity index (χ0v) is 20.4. The number of ketones is 1. The number of Topliss-reactive ketones (excluding diaryl/α,β-unsaturated/α-hetero) is 1. The Morgan fingerprint density at radius 1 is 1.06 bits per heavy atom. The first-order valence-electron chi connectivity index (χ1n) is 11.5. The first kappa shape index (κ1) is 25.6. The van der Waals surface area contributed by atoms with Crippen LogP contribution in [0.15, 0.2) is 18.2 Å². The second kappa shape index (κ2) is 9.66. The Morgan fingerprint density at radius 3 is 2.35 bits per heavy atom. The van der Waals surface area contributed by atoms with Gasteiger partial charge >= 0.3 is 0 Å². The molecule has 0 bridgehead atoms. The molecule has 4 amide bonds. The highest BCUT2D eigenvalue weighted by atomic mass is 16.5. The number of ether oxygens (including phenoxy) is 1. The fourth-order valence-corrected chi connectivity index (χ4v) is 4.30. The van der Waals surface area contributed by atoms with Crippen molar-refractivity contribution < 1.29 is 28.7 Å². The Labute approximate surface area is 199 Å². The number of carbonyl (C=O) groups is 5. The largest absolute Gasteiger partial charge is 0.384 e. The highest BCUT2D eigenvalue weighted by Gasteiger charge is 2.44. The van der Waals surface area contributed by atoms with Crippen LogP contribution in [0, 0.1) is 10.8 Å². The predicted octanol–water partition coefficient (Wildman–Crippen LogP) is 2.55. The van der Waals surface area contributed by atoms with Gasteiger partial charge in [0.05, 0.1) is 24.3 Å². The minimum atomic E-state index is -0.982. The molecule has 9 nitrogen and oxygen atoms in total. The average molecular weight is 472 g/mol. The molecule has 3 rings (SSSR count). The maximum atomic E-state index is 13.0. The van der Waals surface area contributed by atoms with Crippen molar-refractivity contribution in [3.8, 4) is 0 Å². The van der Waals surface area contributed by atoms with Crippen molar-refractivity contribution in [3.63, 3.8) is 0 Å². The number of nitrogens with one attached hydrogen (secondary N) is 2. The van der Waals surface area contributed by atoms with Gasteiger partial charge in [0.15, 0.2) is 0 Å². The van der Waals surface area contributed by atoms with Crippen molar-refractivity contribution in [2.24, 2.45) is 10.8 Å². The van der Waals surface area contributed by atoms with Gasteiger partial charge in [-0.3, -0.25) is 29.4 Å². The molecular weight excluding hydrogens is 438 g/mol. The van der Waals surface area contributed by atoms with Crippen LogP contribution in [0.2, 0.25) is 0 Å². The zero-order chi connectivity index (χ0) is 25.3. The number of hydrogen-bond donors (Lipinski definition) is 2. The summed E-state index contributed by atoms with van der Waals surface area (Å²) >= 11 is 0. The number of hydrogen-bond acceptors (Lipinski definition) is 7. The van der Waals surface area contributed by atoms with Gasteiger partial charge in [-0.25, -0.2) is 0 Å². The van der Waals surface area contributed by atoms with Crippen LogP contribution >= 0.6 is 0 Å². The quantitative estimate of drug-likeness (QED) is 0.503. The van der Waals surface area contributed by atoms with Crippen LogP contribution in [0.25, 0.3) is 0 Å². The Morgan fingerprint density at radius 2 is 1.71 bits per heavy atom. The Balaban J connectivity index is 1.61. The molecule has 34 heavy (non-hydrogen) atoms. The van der Waals surface area contributed by atoms with E-state index in [1.807, 2.05) is 27.7 Å². The molecule has 9 heteroatoms. The lowest BCUT2D eigenvalue weighted by Crippen LogP contribution is -2.54. The molecule has 1 saturated heterocycles. The van der Waals surface area contributed by atoms with Gasteiger partial charge in [-0.05, 0) is 37.0 Å². The topological polar surface area (TPSA) is 122 Å². The van der Waals surface area contributed by atoms with Gasteiger partial charge in [0, 0.05) is 30.5 Å². The summed E-state index contributed by atoms with van der Waals surface area (Å²) in [4.78, 5) is 61.7. The number of imide groups is 2. The van der Waals surface area contributed by atoms with Gasteiger partial charge in [0.25, 0.3) is 11.8 Å². The number of anilines is 1. The molecule has 0 saturated carbocycles. The lowest BCUT2D eigenvalue weighted by atomic mass is 9.88. The first-order valence-corrected chi connectivity index (χ1v) is 11.5. The fourth-order valence-electron chi connectivity index (χ4n) is 4.30. The summed E-state index contributed by atoms with van der Waals surface area (Å²) in [5.74, 6) is -1.96. The molecule has 184 valence electrons. The number of fused-ring (bicyclic) bond motifs is 1. The molecule has 2 aliphatic rings. The fraction of sp³-hybridized carbons (Fsp3) is 0.560. The zero-order valence-electron chi connectivity index (χ0n) is 20.4. The molecule has 0 aliphatic carbocycles. The molecule has 1 atom stereocenters. The summed E-state index contributed by atoms with van der Waals surface area (Å²) in [6.45, 7) is 11.2. The molecule has 0 spiro atoms. The third-order valence-electron chi connectivity index (χ3n) is 5.92. The second-order valence-corrected chi connectivity index (χ2v) is 10.8. The van der Waals surface area contributed by atoms with Gasteiger partial charge in [0.2, 0.25) is 11.8 Å². The minimum absolute atomic E-state index is 0.0830. The molecule has 1 unspecified atom stereocenters. The van der Waals surface area contributed by atoms with Crippen LogP contribution in [0.5, 0.6) is 0 Å². The Bertz CT molecular complexity index is 1030. The summed E-state index contributed by atoms with van der Waals surface area (Å²) in [6, 6.07) is 3.95. The number of carbonyl (C=O) groups excluding carboxylic acids is 5. The minimum Gasteiger partial charge on any atom is -0.384 e. The Kier molecular flexibility index (Phi) is 7.26. The van der Waals surface area contributed by atoms with E-state index in [1.165, 1.54) is 0 Å². The molecule has 2 heterocycles. The number of benzene rings is 1. The van der Waals surface area contributed by atoms with E-state index in [-0.39, 0.29) is 40.6 Å². The standard InChI is InChI=1S/C25H33N3O6/c1-15(29)11-24(2,3)13-34-14-25(4,5)12-26-16-6-7-17-18(10-16)23(33)28(22(17)32)19-8-9-20(30)27-21(19)31/h6-7,10,19,26H,8-9,11-14H2,1-5H3,(H,27,30,31). The van der Waals surface area contributed by atoms with Gasteiger partial charge in [-0.2, -0.15) is 0 Å². The molecule has 1 aromatic carbocycles. The van der Waals surface area contributed by atoms with Crippen LogP contribution in [0.1, 0.15) is 74.6 Å². The summed E-state index contributed by atoms with van der Waals surface area (Å²) in [7, 11) is 0. The van der Waals surface area contributed by atoms with E-state index < -0.39 is 29.7 Å². The van der Waals surface area contributed by atoms with Crippen molar-refractivity contribution >= 4 is 35.1 Å².